The van der Waals surface area contributed by atoms with Crippen LogP contribution in [0.1, 0.15) is 12.1 Å². The predicted molar refractivity (Wildman–Crippen MR) is 83.2 cm³/mol. The molecule has 0 atom stereocenters. The molecule has 1 fully saturated rings. The van der Waals surface area contributed by atoms with Gasteiger partial charge in [-0.2, -0.15) is 0 Å². The summed E-state index contributed by atoms with van der Waals surface area (Å²) in [6, 6.07) is 0. The molecule has 0 unspecified atom stereocenters. The zero-order valence-corrected chi connectivity index (χ0v) is 12.8. The Morgan fingerprint density at radius 1 is 1.33 bits per heavy atom. The monoisotopic (exact) mass is 309 g/mol. The lowest BCUT2D eigenvalue weighted by molar-refractivity contribution is -0.141. The van der Waals surface area contributed by atoms with Crippen LogP contribution in [0.2, 0.25) is 0 Å². The van der Waals surface area contributed by atoms with Gasteiger partial charge in [-0.1, -0.05) is 12.2 Å². The summed E-state index contributed by atoms with van der Waals surface area (Å²) in [6.07, 6.45) is 3.72. The molecule has 1 saturated heterocycles. The second-order valence-electron chi connectivity index (χ2n) is 4.78. The van der Waals surface area contributed by atoms with Crippen LogP contribution in [0.5, 0.6) is 0 Å². The Labute approximate surface area is 129 Å². The summed E-state index contributed by atoms with van der Waals surface area (Å²) >= 11 is 4.85. The van der Waals surface area contributed by atoms with E-state index in [1.807, 2.05) is 0 Å². The van der Waals surface area contributed by atoms with Crippen LogP contribution in [0.3, 0.4) is 0 Å². The molecule has 0 amide bonds. The highest BCUT2D eigenvalue weighted by Gasteiger charge is 2.19. The van der Waals surface area contributed by atoms with E-state index in [1.165, 1.54) is 7.11 Å². The Kier molecular flexibility index (Phi) is 5.40. The lowest BCUT2D eigenvalue weighted by Crippen LogP contribution is -2.47. The smallest absolute Gasteiger partial charge is 0.306 e. The second-order valence-corrected chi connectivity index (χ2v) is 5.22. The van der Waals surface area contributed by atoms with Gasteiger partial charge in [0.15, 0.2) is 0 Å². The molecular formula is C13H19N5O2S. The highest BCUT2D eigenvalue weighted by molar-refractivity contribution is 7.80. The molecule has 114 valence electrons. The first-order valence-corrected chi connectivity index (χ1v) is 7.17. The van der Waals surface area contributed by atoms with E-state index in [4.69, 9.17) is 18.0 Å². The summed E-state index contributed by atoms with van der Waals surface area (Å²) in [4.78, 5) is 24.3. The molecule has 0 aliphatic carbocycles. The topological polar surface area (TPSA) is 84.6 Å². The van der Waals surface area contributed by atoms with E-state index < -0.39 is 0 Å². The average Bonchev–Trinajstić information content (AvgIpc) is 2.53. The predicted octanol–water partition coefficient (Wildman–Crippen LogP) is -0.204. The Bertz CT molecular complexity index is 500. The first-order valence-electron chi connectivity index (χ1n) is 6.76. The number of carbonyl (C=O) groups excluding carboxylic acids is 1. The fourth-order valence-electron chi connectivity index (χ4n) is 2.16. The van der Waals surface area contributed by atoms with Crippen molar-refractivity contribution in [1.82, 2.24) is 14.9 Å². The average molecular weight is 309 g/mol. The quantitative estimate of drug-likeness (QED) is 0.591. The van der Waals surface area contributed by atoms with E-state index in [0.717, 1.165) is 38.5 Å². The van der Waals surface area contributed by atoms with Crippen LogP contribution >= 0.6 is 12.2 Å². The van der Waals surface area contributed by atoms with Crippen LogP contribution in [0.25, 0.3) is 0 Å². The van der Waals surface area contributed by atoms with Crippen LogP contribution in [-0.2, 0) is 9.53 Å². The van der Waals surface area contributed by atoms with Crippen molar-refractivity contribution in [2.45, 2.75) is 6.42 Å². The van der Waals surface area contributed by atoms with Gasteiger partial charge in [0.1, 0.15) is 16.5 Å². The normalized spacial score (nSPS) is 15.8. The first-order chi connectivity index (χ1) is 10.1. The minimum absolute atomic E-state index is 0.170. The lowest BCUT2D eigenvalue weighted by atomic mass is 10.3. The van der Waals surface area contributed by atoms with Crippen molar-refractivity contribution in [3.63, 3.8) is 0 Å². The van der Waals surface area contributed by atoms with Gasteiger partial charge in [-0.15, -0.1) is 0 Å². The van der Waals surface area contributed by atoms with Gasteiger partial charge in [0.05, 0.1) is 25.9 Å². The molecule has 1 aliphatic rings. The number of rotatable bonds is 5. The number of piperazine rings is 1. The number of carbonyl (C=O) groups is 1. The minimum atomic E-state index is -0.170. The molecule has 7 nitrogen and oxygen atoms in total. The van der Waals surface area contributed by atoms with Crippen molar-refractivity contribution >= 4 is 29.0 Å². The van der Waals surface area contributed by atoms with Gasteiger partial charge in [0, 0.05) is 32.7 Å². The van der Waals surface area contributed by atoms with Crippen molar-refractivity contribution in [1.29, 1.82) is 0 Å². The van der Waals surface area contributed by atoms with Crippen molar-refractivity contribution in [2.75, 3.05) is 44.7 Å². The SMILES string of the molecule is COC(=O)CCN1CCN(c2cnc(C(N)=S)cn2)CC1. The Morgan fingerprint density at radius 2 is 2.05 bits per heavy atom. The van der Waals surface area contributed by atoms with Gasteiger partial charge in [-0.3, -0.25) is 9.69 Å². The summed E-state index contributed by atoms with van der Waals surface area (Å²) in [6.45, 7) is 4.20. The van der Waals surface area contributed by atoms with Crippen molar-refractivity contribution in [2.24, 2.45) is 5.73 Å². The fraction of sp³-hybridized carbons (Fsp3) is 0.538. The summed E-state index contributed by atoms with van der Waals surface area (Å²) < 4.78 is 4.65. The molecule has 21 heavy (non-hydrogen) atoms. The number of aromatic nitrogens is 2. The summed E-state index contributed by atoms with van der Waals surface area (Å²) in [5, 5.41) is 0. The number of hydrogen-bond donors (Lipinski definition) is 1. The molecule has 2 rings (SSSR count). The molecule has 1 aromatic heterocycles. The van der Waals surface area contributed by atoms with Gasteiger partial charge in [-0.25, -0.2) is 9.97 Å². The van der Waals surface area contributed by atoms with E-state index in [9.17, 15) is 4.79 Å². The third kappa shape index (κ3) is 4.33. The highest BCUT2D eigenvalue weighted by Crippen LogP contribution is 2.12. The third-order valence-corrected chi connectivity index (χ3v) is 3.66. The van der Waals surface area contributed by atoms with E-state index in [0.29, 0.717) is 12.1 Å². The molecular weight excluding hydrogens is 290 g/mol. The molecule has 0 bridgehead atoms. The number of ether oxygens (including phenoxy) is 1. The Hall–Kier alpha value is -1.80. The summed E-state index contributed by atoms with van der Waals surface area (Å²) in [7, 11) is 1.41. The number of anilines is 1. The number of hydrogen-bond acceptors (Lipinski definition) is 7. The van der Waals surface area contributed by atoms with E-state index in [2.05, 4.69) is 24.5 Å². The molecule has 0 radical (unpaired) electrons. The molecule has 8 heteroatoms. The standard InChI is InChI=1S/C13H19N5O2S/c1-20-12(19)2-3-17-4-6-18(7-5-17)11-9-15-10(8-16-11)13(14)21/h8-9H,2-7H2,1H3,(H2,14,21). The maximum atomic E-state index is 11.1. The fourth-order valence-corrected chi connectivity index (χ4v) is 2.27. The largest absolute Gasteiger partial charge is 0.469 e. The minimum Gasteiger partial charge on any atom is -0.469 e. The molecule has 0 spiro atoms. The Morgan fingerprint density at radius 3 is 2.57 bits per heavy atom. The molecule has 0 saturated carbocycles. The van der Waals surface area contributed by atoms with Gasteiger partial charge in [-0.05, 0) is 0 Å². The van der Waals surface area contributed by atoms with Crippen LogP contribution in [0.4, 0.5) is 5.82 Å². The van der Waals surface area contributed by atoms with Gasteiger partial charge >= 0.3 is 5.97 Å². The summed E-state index contributed by atoms with van der Waals surface area (Å²) in [5.41, 5.74) is 6.03. The number of esters is 1. The molecule has 2 N–H and O–H groups in total. The zero-order chi connectivity index (χ0) is 15.2. The van der Waals surface area contributed by atoms with E-state index in [1.54, 1.807) is 12.4 Å². The summed E-state index contributed by atoms with van der Waals surface area (Å²) in [5.74, 6) is 0.652. The van der Waals surface area contributed by atoms with Crippen LogP contribution in [0, 0.1) is 0 Å². The lowest BCUT2D eigenvalue weighted by Gasteiger charge is -2.35. The first kappa shape index (κ1) is 15.6. The Balaban J connectivity index is 1.83. The number of nitrogens with zero attached hydrogens (tertiary/aromatic N) is 4. The van der Waals surface area contributed by atoms with E-state index in [-0.39, 0.29) is 11.0 Å². The highest BCUT2D eigenvalue weighted by atomic mass is 32.1. The number of methoxy groups -OCH3 is 1. The molecule has 1 aliphatic heterocycles. The van der Waals surface area contributed by atoms with Crippen molar-refractivity contribution < 1.29 is 9.53 Å². The number of nitrogens with two attached hydrogens (primary N) is 1. The van der Waals surface area contributed by atoms with E-state index >= 15 is 0 Å². The zero-order valence-electron chi connectivity index (χ0n) is 12.0. The van der Waals surface area contributed by atoms with Crippen molar-refractivity contribution in [3.05, 3.63) is 18.1 Å². The maximum Gasteiger partial charge on any atom is 0.306 e. The second kappa shape index (κ2) is 7.28. The van der Waals surface area contributed by atoms with Gasteiger partial charge < -0.3 is 15.4 Å². The molecule has 2 heterocycles. The van der Waals surface area contributed by atoms with Crippen molar-refractivity contribution in [3.8, 4) is 0 Å². The van der Waals surface area contributed by atoms with Crippen LogP contribution in [-0.4, -0.2) is 65.7 Å². The molecule has 0 aromatic carbocycles. The van der Waals surface area contributed by atoms with Gasteiger partial charge in [0.25, 0.3) is 0 Å². The van der Waals surface area contributed by atoms with Gasteiger partial charge in [0.2, 0.25) is 0 Å². The maximum absolute atomic E-state index is 11.1. The van der Waals surface area contributed by atoms with Crippen LogP contribution < -0.4 is 10.6 Å². The number of thiocarbonyl (C=S) groups is 1. The molecule has 1 aromatic rings. The third-order valence-electron chi connectivity index (χ3n) is 3.45. The van der Waals surface area contributed by atoms with Crippen LogP contribution in [0.15, 0.2) is 12.4 Å².